The van der Waals surface area contributed by atoms with Crippen LogP contribution in [0.4, 0.5) is 0 Å². The number of hydrogen-bond donors (Lipinski definition) is 1. The third-order valence-corrected chi connectivity index (χ3v) is 4.01. The quantitative estimate of drug-likeness (QED) is 0.917. The molecule has 0 saturated heterocycles. The average Bonchev–Trinajstić information content (AvgIpc) is 2.61. The lowest BCUT2D eigenvalue weighted by atomic mass is 10.1. The minimum Gasteiger partial charge on any atom is -0.486 e. The van der Waals surface area contributed by atoms with Crippen LogP contribution in [0.3, 0.4) is 0 Å². The maximum atomic E-state index is 12.0. The fourth-order valence-electron chi connectivity index (χ4n) is 2.47. The van der Waals surface area contributed by atoms with Crippen LogP contribution in [-0.2, 0) is 4.79 Å². The number of hydrogen-bond acceptors (Lipinski definition) is 4. The van der Waals surface area contributed by atoms with E-state index in [1.165, 1.54) is 0 Å². The molecule has 0 radical (unpaired) electrons. The average molecular weight is 327 g/mol. The smallest absolute Gasteiger partial charge is 0.258 e. The molecule has 0 aliphatic carbocycles. The van der Waals surface area contributed by atoms with Gasteiger partial charge in [0, 0.05) is 0 Å². The van der Waals surface area contributed by atoms with Gasteiger partial charge in [-0.25, -0.2) is 0 Å². The lowest BCUT2D eigenvalue weighted by molar-refractivity contribution is -0.123. The van der Waals surface area contributed by atoms with Gasteiger partial charge in [-0.1, -0.05) is 24.3 Å². The fraction of sp³-hybridized carbons (Fsp3) is 0.316. The Labute approximate surface area is 141 Å². The van der Waals surface area contributed by atoms with Crippen molar-refractivity contribution in [1.29, 1.82) is 0 Å². The van der Waals surface area contributed by atoms with Crippen LogP contribution >= 0.6 is 0 Å². The van der Waals surface area contributed by atoms with E-state index in [1.807, 2.05) is 56.3 Å². The second kappa shape index (κ2) is 7.25. The first kappa shape index (κ1) is 16.2. The number of benzene rings is 2. The highest BCUT2D eigenvalue weighted by Crippen LogP contribution is 2.30. The molecule has 0 saturated carbocycles. The van der Waals surface area contributed by atoms with Gasteiger partial charge in [-0.05, 0) is 43.2 Å². The Balaban J connectivity index is 1.46. The molecule has 1 aliphatic heterocycles. The SMILES string of the molecule is Cc1cccc(OCC(=O)NC[C@@H]2COc3ccccc3O2)c1C. The van der Waals surface area contributed by atoms with Crippen LogP contribution in [0.5, 0.6) is 17.2 Å². The van der Waals surface area contributed by atoms with Gasteiger partial charge < -0.3 is 19.5 Å². The number of aryl methyl sites for hydroxylation is 1. The van der Waals surface area contributed by atoms with E-state index in [4.69, 9.17) is 14.2 Å². The molecular weight excluding hydrogens is 306 g/mol. The number of carbonyl (C=O) groups is 1. The fourth-order valence-corrected chi connectivity index (χ4v) is 2.47. The highest BCUT2D eigenvalue weighted by atomic mass is 16.6. The molecule has 1 N–H and O–H groups in total. The Morgan fingerprint density at radius 2 is 1.96 bits per heavy atom. The summed E-state index contributed by atoms with van der Waals surface area (Å²) < 4.78 is 17.0. The van der Waals surface area contributed by atoms with Crippen molar-refractivity contribution in [3.05, 3.63) is 53.6 Å². The van der Waals surface area contributed by atoms with Crippen molar-refractivity contribution in [2.75, 3.05) is 19.8 Å². The van der Waals surface area contributed by atoms with Gasteiger partial charge >= 0.3 is 0 Å². The van der Waals surface area contributed by atoms with Crippen molar-refractivity contribution in [3.63, 3.8) is 0 Å². The van der Waals surface area contributed by atoms with Gasteiger partial charge in [-0.3, -0.25) is 4.79 Å². The third kappa shape index (κ3) is 3.79. The van der Waals surface area contributed by atoms with Crippen molar-refractivity contribution in [1.82, 2.24) is 5.32 Å². The summed E-state index contributed by atoms with van der Waals surface area (Å²) in [4.78, 5) is 12.0. The van der Waals surface area contributed by atoms with Gasteiger partial charge in [0.15, 0.2) is 18.1 Å². The molecule has 3 rings (SSSR count). The number of ether oxygens (including phenoxy) is 3. The monoisotopic (exact) mass is 327 g/mol. The third-order valence-electron chi connectivity index (χ3n) is 4.01. The van der Waals surface area contributed by atoms with Crippen molar-refractivity contribution in [2.45, 2.75) is 20.0 Å². The van der Waals surface area contributed by atoms with Crippen LogP contribution < -0.4 is 19.5 Å². The number of amides is 1. The van der Waals surface area contributed by atoms with Crippen LogP contribution in [0, 0.1) is 13.8 Å². The van der Waals surface area contributed by atoms with E-state index >= 15 is 0 Å². The lowest BCUT2D eigenvalue weighted by Crippen LogP contribution is -2.42. The minimum absolute atomic E-state index is 0.0194. The minimum atomic E-state index is -0.204. The van der Waals surface area contributed by atoms with Crippen LogP contribution in [0.2, 0.25) is 0 Å². The molecule has 0 bridgehead atoms. The van der Waals surface area contributed by atoms with E-state index in [1.54, 1.807) is 0 Å². The molecule has 126 valence electrons. The van der Waals surface area contributed by atoms with Gasteiger partial charge in [0.05, 0.1) is 6.54 Å². The standard InChI is InChI=1S/C19H21NO4/c1-13-6-5-9-16(14(13)2)23-12-19(21)20-10-15-11-22-17-7-3-4-8-18(17)24-15/h3-9,15H,10-12H2,1-2H3,(H,20,21)/t15-/m1/s1. The summed E-state index contributed by atoms with van der Waals surface area (Å²) >= 11 is 0. The number of para-hydroxylation sites is 2. The Morgan fingerprint density at radius 1 is 1.17 bits per heavy atom. The van der Waals surface area contributed by atoms with Gasteiger partial charge in [0.25, 0.3) is 5.91 Å². The van der Waals surface area contributed by atoms with Gasteiger partial charge in [-0.15, -0.1) is 0 Å². The van der Waals surface area contributed by atoms with E-state index < -0.39 is 0 Å². The van der Waals surface area contributed by atoms with Crippen molar-refractivity contribution in [2.24, 2.45) is 0 Å². The van der Waals surface area contributed by atoms with Gasteiger partial charge in [0.1, 0.15) is 18.5 Å². The first-order valence-corrected chi connectivity index (χ1v) is 7.97. The summed E-state index contributed by atoms with van der Waals surface area (Å²) in [6.45, 7) is 4.76. The number of fused-ring (bicyclic) bond motifs is 1. The van der Waals surface area contributed by atoms with Crippen LogP contribution in [-0.4, -0.2) is 31.8 Å². The highest BCUT2D eigenvalue weighted by molar-refractivity contribution is 5.77. The van der Waals surface area contributed by atoms with E-state index in [0.717, 1.165) is 22.6 Å². The molecule has 0 spiro atoms. The van der Waals surface area contributed by atoms with Crippen LogP contribution in [0.25, 0.3) is 0 Å². The van der Waals surface area contributed by atoms with Crippen molar-refractivity contribution < 1.29 is 19.0 Å². The van der Waals surface area contributed by atoms with Gasteiger partial charge in [-0.2, -0.15) is 0 Å². The van der Waals surface area contributed by atoms with E-state index in [9.17, 15) is 4.79 Å². The molecule has 1 aliphatic rings. The number of rotatable bonds is 5. The van der Waals surface area contributed by atoms with E-state index in [-0.39, 0.29) is 18.6 Å². The molecule has 24 heavy (non-hydrogen) atoms. The highest BCUT2D eigenvalue weighted by Gasteiger charge is 2.21. The molecule has 1 atom stereocenters. The van der Waals surface area contributed by atoms with Crippen molar-refractivity contribution in [3.8, 4) is 17.2 Å². The summed E-state index contributed by atoms with van der Waals surface area (Å²) in [5.74, 6) is 1.99. The zero-order chi connectivity index (χ0) is 16.9. The summed E-state index contributed by atoms with van der Waals surface area (Å²) in [7, 11) is 0. The molecule has 2 aromatic carbocycles. The maximum Gasteiger partial charge on any atom is 0.258 e. The lowest BCUT2D eigenvalue weighted by Gasteiger charge is -2.26. The normalized spacial score (nSPS) is 15.7. The van der Waals surface area contributed by atoms with Crippen molar-refractivity contribution >= 4 is 5.91 Å². The molecule has 0 fully saturated rings. The van der Waals surface area contributed by atoms with E-state index in [0.29, 0.717) is 18.9 Å². The molecular formula is C19H21NO4. The Bertz CT molecular complexity index is 729. The molecule has 0 unspecified atom stereocenters. The Morgan fingerprint density at radius 3 is 2.79 bits per heavy atom. The zero-order valence-electron chi connectivity index (χ0n) is 13.9. The predicted molar refractivity (Wildman–Crippen MR) is 90.8 cm³/mol. The first-order valence-electron chi connectivity index (χ1n) is 7.97. The Hall–Kier alpha value is -2.69. The van der Waals surface area contributed by atoms with Crippen LogP contribution in [0.15, 0.2) is 42.5 Å². The topological polar surface area (TPSA) is 56.8 Å². The zero-order valence-corrected chi connectivity index (χ0v) is 13.9. The molecule has 1 amide bonds. The summed E-state index contributed by atoms with van der Waals surface area (Å²) in [6.07, 6.45) is -0.204. The molecule has 5 heteroatoms. The molecule has 0 aromatic heterocycles. The Kier molecular flexibility index (Phi) is 4.89. The predicted octanol–water partition coefficient (Wildman–Crippen LogP) is 2.64. The number of nitrogens with one attached hydrogen (secondary N) is 1. The summed E-state index contributed by atoms with van der Waals surface area (Å²) in [5.41, 5.74) is 2.19. The number of carbonyl (C=O) groups excluding carboxylic acids is 1. The summed E-state index contributed by atoms with van der Waals surface area (Å²) in [5, 5.41) is 2.82. The molecule has 5 nitrogen and oxygen atoms in total. The largest absolute Gasteiger partial charge is 0.486 e. The van der Waals surface area contributed by atoms with Crippen LogP contribution in [0.1, 0.15) is 11.1 Å². The molecule has 2 aromatic rings. The molecule has 1 heterocycles. The van der Waals surface area contributed by atoms with Gasteiger partial charge in [0.2, 0.25) is 0 Å². The second-order valence-corrected chi connectivity index (χ2v) is 5.79. The van der Waals surface area contributed by atoms with E-state index in [2.05, 4.69) is 5.32 Å². The maximum absolute atomic E-state index is 12.0. The first-order chi connectivity index (χ1) is 11.6. The summed E-state index contributed by atoms with van der Waals surface area (Å²) in [6, 6.07) is 13.3. The second-order valence-electron chi connectivity index (χ2n) is 5.79.